The van der Waals surface area contributed by atoms with Gasteiger partial charge in [0.15, 0.2) is 0 Å². The lowest BCUT2D eigenvalue weighted by Gasteiger charge is -2.16. The minimum Gasteiger partial charge on any atom is -0.337 e. The molecular formula is C15H19N5O. The molecule has 0 bridgehead atoms. The molecule has 0 radical (unpaired) electrons. The number of nitrogens with zero attached hydrogens (tertiary/aromatic N) is 5. The smallest absolute Gasteiger partial charge is 0.272 e. The van der Waals surface area contributed by atoms with E-state index in [1.807, 2.05) is 24.8 Å². The molecule has 1 amide bonds. The number of carbonyl (C=O) groups is 1. The minimum absolute atomic E-state index is 0.0295. The number of hydrogen-bond acceptors (Lipinski definition) is 4. The summed E-state index contributed by atoms with van der Waals surface area (Å²) in [5.74, 6) is 1.11. The summed E-state index contributed by atoms with van der Waals surface area (Å²) in [5, 5.41) is 4.05. The summed E-state index contributed by atoms with van der Waals surface area (Å²) in [6.07, 6.45) is 2.56. The second kappa shape index (κ2) is 5.27. The first-order chi connectivity index (χ1) is 10.0. The van der Waals surface area contributed by atoms with Gasteiger partial charge in [-0.2, -0.15) is 5.10 Å². The monoisotopic (exact) mass is 285 g/mol. The quantitative estimate of drug-likeness (QED) is 0.838. The van der Waals surface area contributed by atoms with Crippen molar-refractivity contribution in [1.29, 1.82) is 0 Å². The van der Waals surface area contributed by atoms with Crippen molar-refractivity contribution in [3.63, 3.8) is 0 Å². The lowest BCUT2D eigenvalue weighted by atomic mass is 10.1. The maximum Gasteiger partial charge on any atom is 0.272 e. The van der Waals surface area contributed by atoms with Crippen LogP contribution in [0.2, 0.25) is 0 Å². The normalized spacial score (nSPS) is 18.2. The molecule has 3 rings (SSSR count). The highest BCUT2D eigenvalue weighted by molar-refractivity contribution is 5.92. The molecule has 2 aromatic heterocycles. The summed E-state index contributed by atoms with van der Waals surface area (Å²) in [5.41, 5.74) is 2.58. The summed E-state index contributed by atoms with van der Waals surface area (Å²) in [7, 11) is 1.79. The molecule has 1 aliphatic heterocycles. The van der Waals surface area contributed by atoms with E-state index >= 15 is 0 Å². The summed E-state index contributed by atoms with van der Waals surface area (Å²) in [4.78, 5) is 23.4. The second-order valence-electron chi connectivity index (χ2n) is 5.59. The van der Waals surface area contributed by atoms with Crippen molar-refractivity contribution in [2.45, 2.75) is 26.2 Å². The zero-order chi connectivity index (χ0) is 15.0. The molecule has 110 valence electrons. The van der Waals surface area contributed by atoms with Gasteiger partial charge in [-0.05, 0) is 32.4 Å². The third-order valence-corrected chi connectivity index (χ3v) is 3.88. The van der Waals surface area contributed by atoms with Crippen molar-refractivity contribution < 1.29 is 4.79 Å². The van der Waals surface area contributed by atoms with Crippen LogP contribution in [0.1, 0.15) is 40.0 Å². The van der Waals surface area contributed by atoms with Crippen LogP contribution in [-0.2, 0) is 7.05 Å². The highest BCUT2D eigenvalue weighted by Crippen LogP contribution is 2.26. The Kier molecular flexibility index (Phi) is 3.45. The SMILES string of the molecule is Cc1cc(C)nc(C2CCN(C(=O)c3ccnn3C)C2)n1. The van der Waals surface area contributed by atoms with Crippen molar-refractivity contribution in [2.75, 3.05) is 13.1 Å². The van der Waals surface area contributed by atoms with Crippen molar-refractivity contribution in [3.05, 3.63) is 41.2 Å². The molecule has 0 aromatic carbocycles. The third-order valence-electron chi connectivity index (χ3n) is 3.88. The van der Waals surface area contributed by atoms with Gasteiger partial charge in [-0.3, -0.25) is 9.48 Å². The Balaban J connectivity index is 1.76. The highest BCUT2D eigenvalue weighted by Gasteiger charge is 2.30. The number of amides is 1. The average Bonchev–Trinajstić information content (AvgIpc) is 3.05. The van der Waals surface area contributed by atoms with E-state index in [4.69, 9.17) is 0 Å². The van der Waals surface area contributed by atoms with Crippen LogP contribution in [-0.4, -0.2) is 43.6 Å². The van der Waals surface area contributed by atoms with Gasteiger partial charge in [-0.1, -0.05) is 0 Å². The molecule has 0 saturated carbocycles. The van der Waals surface area contributed by atoms with Crippen LogP contribution in [0.25, 0.3) is 0 Å². The summed E-state index contributed by atoms with van der Waals surface area (Å²) in [6, 6.07) is 3.72. The number of aromatic nitrogens is 4. The molecule has 6 heteroatoms. The average molecular weight is 285 g/mol. The van der Waals surface area contributed by atoms with E-state index in [1.165, 1.54) is 0 Å². The molecule has 21 heavy (non-hydrogen) atoms. The van der Waals surface area contributed by atoms with Crippen LogP contribution < -0.4 is 0 Å². The fraction of sp³-hybridized carbons (Fsp3) is 0.467. The molecule has 1 fully saturated rings. The molecule has 1 unspecified atom stereocenters. The van der Waals surface area contributed by atoms with Crippen molar-refractivity contribution in [1.82, 2.24) is 24.6 Å². The van der Waals surface area contributed by atoms with Crippen molar-refractivity contribution in [2.24, 2.45) is 7.05 Å². The van der Waals surface area contributed by atoms with E-state index in [0.29, 0.717) is 12.2 Å². The maximum atomic E-state index is 12.5. The summed E-state index contributed by atoms with van der Waals surface area (Å²) >= 11 is 0. The molecule has 6 nitrogen and oxygen atoms in total. The number of likely N-dealkylation sites (tertiary alicyclic amines) is 1. The van der Waals surface area contributed by atoms with E-state index in [-0.39, 0.29) is 11.8 Å². The predicted molar refractivity (Wildman–Crippen MR) is 78.0 cm³/mol. The molecule has 0 aliphatic carbocycles. The Morgan fingerprint density at radius 1 is 1.29 bits per heavy atom. The molecule has 2 aromatic rings. The molecule has 1 atom stereocenters. The van der Waals surface area contributed by atoms with Crippen LogP contribution in [0.4, 0.5) is 0 Å². The fourth-order valence-electron chi connectivity index (χ4n) is 2.84. The lowest BCUT2D eigenvalue weighted by Crippen LogP contribution is -2.30. The van der Waals surface area contributed by atoms with Gasteiger partial charge >= 0.3 is 0 Å². The zero-order valence-corrected chi connectivity index (χ0v) is 12.6. The van der Waals surface area contributed by atoms with Gasteiger partial charge < -0.3 is 4.90 Å². The van der Waals surface area contributed by atoms with Crippen molar-refractivity contribution >= 4 is 5.91 Å². The first kappa shape index (κ1) is 13.7. The summed E-state index contributed by atoms with van der Waals surface area (Å²) < 4.78 is 1.61. The topological polar surface area (TPSA) is 63.9 Å². The molecular weight excluding hydrogens is 266 g/mol. The Morgan fingerprint density at radius 2 is 2.00 bits per heavy atom. The Labute approximate surface area is 123 Å². The minimum atomic E-state index is 0.0295. The highest BCUT2D eigenvalue weighted by atomic mass is 16.2. The van der Waals surface area contributed by atoms with Crippen LogP contribution in [0, 0.1) is 13.8 Å². The lowest BCUT2D eigenvalue weighted by molar-refractivity contribution is 0.0779. The van der Waals surface area contributed by atoms with Crippen LogP contribution >= 0.6 is 0 Å². The van der Waals surface area contributed by atoms with Gasteiger partial charge in [0, 0.05) is 43.6 Å². The fourth-order valence-corrected chi connectivity index (χ4v) is 2.84. The maximum absolute atomic E-state index is 12.5. The van der Waals surface area contributed by atoms with E-state index in [1.54, 1.807) is 24.0 Å². The van der Waals surface area contributed by atoms with Gasteiger partial charge in [-0.15, -0.1) is 0 Å². The summed E-state index contributed by atoms with van der Waals surface area (Å²) in [6.45, 7) is 5.37. The second-order valence-corrected chi connectivity index (χ2v) is 5.59. The number of carbonyl (C=O) groups excluding carboxylic acids is 1. The van der Waals surface area contributed by atoms with E-state index < -0.39 is 0 Å². The first-order valence-corrected chi connectivity index (χ1v) is 7.14. The van der Waals surface area contributed by atoms with Crippen LogP contribution in [0.3, 0.4) is 0 Å². The Hall–Kier alpha value is -2.24. The largest absolute Gasteiger partial charge is 0.337 e. The third kappa shape index (κ3) is 2.66. The van der Waals surface area contributed by atoms with Crippen LogP contribution in [0.15, 0.2) is 18.3 Å². The Bertz CT molecular complexity index is 658. The van der Waals surface area contributed by atoms with Gasteiger partial charge in [0.1, 0.15) is 11.5 Å². The predicted octanol–water partition coefficient (Wildman–Crippen LogP) is 1.46. The molecule has 1 aliphatic rings. The van der Waals surface area contributed by atoms with Crippen molar-refractivity contribution in [3.8, 4) is 0 Å². The van der Waals surface area contributed by atoms with E-state index in [2.05, 4.69) is 15.1 Å². The van der Waals surface area contributed by atoms with Gasteiger partial charge in [0.25, 0.3) is 5.91 Å². The molecule has 0 spiro atoms. The number of aryl methyl sites for hydroxylation is 3. The van der Waals surface area contributed by atoms with E-state index in [9.17, 15) is 4.79 Å². The molecule has 1 saturated heterocycles. The molecule has 0 N–H and O–H groups in total. The first-order valence-electron chi connectivity index (χ1n) is 7.14. The van der Waals surface area contributed by atoms with Gasteiger partial charge in [0.05, 0.1) is 0 Å². The molecule has 3 heterocycles. The number of hydrogen-bond donors (Lipinski definition) is 0. The van der Waals surface area contributed by atoms with Gasteiger partial charge in [-0.25, -0.2) is 9.97 Å². The van der Waals surface area contributed by atoms with E-state index in [0.717, 1.165) is 30.2 Å². The van der Waals surface area contributed by atoms with Gasteiger partial charge in [0.2, 0.25) is 0 Å². The van der Waals surface area contributed by atoms with Crippen LogP contribution in [0.5, 0.6) is 0 Å². The Morgan fingerprint density at radius 3 is 2.62 bits per heavy atom. The zero-order valence-electron chi connectivity index (χ0n) is 12.6. The number of rotatable bonds is 2. The standard InChI is InChI=1S/C15H19N5O/c1-10-8-11(2)18-14(17-10)12-5-7-20(9-12)15(21)13-4-6-16-19(13)3/h4,6,8,12H,5,7,9H2,1-3H3.